The number of aryl methyl sites for hydroxylation is 1. The molecule has 1 N–H and O–H groups in total. The third-order valence-corrected chi connectivity index (χ3v) is 4.77. The average Bonchev–Trinajstić information content (AvgIpc) is 2.65. The van der Waals surface area contributed by atoms with Crippen LogP contribution in [0.4, 0.5) is 10.1 Å². The largest absolute Gasteiger partial charge is 0.323 e. The summed E-state index contributed by atoms with van der Waals surface area (Å²) in [5.74, 6) is -0.461. The highest BCUT2D eigenvalue weighted by Crippen LogP contribution is 2.21. The molecule has 1 aromatic heterocycles. The Bertz CT molecular complexity index is 1050. The molecule has 5 nitrogen and oxygen atoms in total. The predicted octanol–water partition coefficient (Wildman–Crippen LogP) is 4.21. The van der Waals surface area contributed by atoms with Gasteiger partial charge in [-0.3, -0.25) is 14.2 Å². The third kappa shape index (κ3) is 3.60. The lowest BCUT2D eigenvalue weighted by atomic mass is 10.0. The van der Waals surface area contributed by atoms with Gasteiger partial charge in [-0.1, -0.05) is 26.0 Å². The number of rotatable bonds is 5. The van der Waals surface area contributed by atoms with Crippen LogP contribution in [0, 0.1) is 18.7 Å². The van der Waals surface area contributed by atoms with Crippen LogP contribution in [-0.4, -0.2) is 15.5 Å². The first-order valence-electron chi connectivity index (χ1n) is 9.05. The minimum absolute atomic E-state index is 0.0591. The lowest BCUT2D eigenvalue weighted by Gasteiger charge is -2.15. The maximum Gasteiger partial charge on any atom is 0.265 e. The van der Waals surface area contributed by atoms with Crippen molar-refractivity contribution < 1.29 is 9.18 Å². The normalized spacial score (nSPS) is 11.1. The minimum Gasteiger partial charge on any atom is -0.323 e. The Morgan fingerprint density at radius 2 is 1.89 bits per heavy atom. The molecule has 0 fully saturated rings. The van der Waals surface area contributed by atoms with E-state index in [4.69, 9.17) is 0 Å². The van der Waals surface area contributed by atoms with Crippen molar-refractivity contribution in [3.63, 3.8) is 0 Å². The summed E-state index contributed by atoms with van der Waals surface area (Å²) >= 11 is 0. The Labute approximate surface area is 156 Å². The van der Waals surface area contributed by atoms with Gasteiger partial charge in [0.1, 0.15) is 11.6 Å². The maximum atomic E-state index is 14.3. The van der Waals surface area contributed by atoms with E-state index in [1.165, 1.54) is 22.8 Å². The van der Waals surface area contributed by atoms with Crippen LogP contribution in [0.2, 0.25) is 0 Å². The van der Waals surface area contributed by atoms with Gasteiger partial charge < -0.3 is 5.32 Å². The number of carbonyl (C=O) groups excluding carboxylic acids is 1. The third-order valence-electron chi connectivity index (χ3n) is 4.77. The van der Waals surface area contributed by atoms with Gasteiger partial charge in [0.15, 0.2) is 0 Å². The highest BCUT2D eigenvalue weighted by Gasteiger charge is 2.17. The maximum absolute atomic E-state index is 14.3. The highest BCUT2D eigenvalue weighted by molar-refractivity contribution is 5.93. The molecule has 1 heterocycles. The minimum atomic E-state index is -0.544. The lowest BCUT2D eigenvalue weighted by molar-refractivity contribution is -0.120. The number of carbonyl (C=O) groups is 1. The van der Waals surface area contributed by atoms with Crippen molar-refractivity contribution in [3.8, 4) is 5.69 Å². The lowest BCUT2D eigenvalue weighted by Crippen LogP contribution is -2.24. The number of anilines is 1. The Morgan fingerprint density at radius 3 is 2.59 bits per heavy atom. The van der Waals surface area contributed by atoms with E-state index in [0.717, 1.165) is 0 Å². The summed E-state index contributed by atoms with van der Waals surface area (Å²) in [7, 11) is 0. The van der Waals surface area contributed by atoms with E-state index >= 15 is 0 Å². The topological polar surface area (TPSA) is 64.0 Å². The molecule has 0 atom stereocenters. The van der Waals surface area contributed by atoms with Crippen LogP contribution < -0.4 is 10.9 Å². The van der Waals surface area contributed by atoms with Gasteiger partial charge in [0, 0.05) is 5.92 Å². The van der Waals surface area contributed by atoms with Crippen LogP contribution in [0.3, 0.4) is 0 Å². The number of fused-ring (bicyclic) bond motifs is 1. The van der Waals surface area contributed by atoms with Crippen molar-refractivity contribution in [2.75, 3.05) is 5.32 Å². The monoisotopic (exact) mass is 367 g/mol. The summed E-state index contributed by atoms with van der Waals surface area (Å²) in [6, 6.07) is 11.3. The molecule has 0 aliphatic carbocycles. The van der Waals surface area contributed by atoms with E-state index in [1.807, 2.05) is 19.9 Å². The second kappa shape index (κ2) is 7.70. The zero-order valence-electron chi connectivity index (χ0n) is 15.6. The molecule has 0 aliphatic rings. The number of amides is 1. The van der Waals surface area contributed by atoms with Crippen LogP contribution in [-0.2, 0) is 4.79 Å². The molecule has 1 amide bonds. The molecule has 3 aromatic rings. The van der Waals surface area contributed by atoms with Crippen molar-refractivity contribution in [3.05, 3.63) is 64.5 Å². The number of hydrogen-bond acceptors (Lipinski definition) is 3. The molecule has 6 heteroatoms. The summed E-state index contributed by atoms with van der Waals surface area (Å²) in [4.78, 5) is 29.7. The molecule has 0 radical (unpaired) electrons. The van der Waals surface area contributed by atoms with Gasteiger partial charge in [-0.15, -0.1) is 0 Å². The van der Waals surface area contributed by atoms with Crippen LogP contribution in [0.1, 0.15) is 32.5 Å². The molecule has 140 valence electrons. The molecule has 0 spiro atoms. The van der Waals surface area contributed by atoms with E-state index in [0.29, 0.717) is 35.3 Å². The quantitative estimate of drug-likeness (QED) is 0.735. The van der Waals surface area contributed by atoms with Gasteiger partial charge >= 0.3 is 0 Å². The zero-order chi connectivity index (χ0) is 19.6. The first-order chi connectivity index (χ1) is 13.0. The molecule has 2 aromatic carbocycles. The first kappa shape index (κ1) is 18.8. The van der Waals surface area contributed by atoms with E-state index in [2.05, 4.69) is 10.3 Å². The first-order valence-corrected chi connectivity index (χ1v) is 9.05. The smallest absolute Gasteiger partial charge is 0.265 e. The van der Waals surface area contributed by atoms with E-state index < -0.39 is 5.82 Å². The van der Waals surface area contributed by atoms with Crippen LogP contribution in [0.5, 0.6) is 0 Å². The molecule has 0 bridgehead atoms. The number of nitrogens with one attached hydrogen (secondary N) is 1. The van der Waals surface area contributed by atoms with Gasteiger partial charge in [-0.05, 0) is 50.1 Å². The number of benzene rings is 2. The van der Waals surface area contributed by atoms with Crippen molar-refractivity contribution in [2.24, 2.45) is 5.92 Å². The molecule has 0 unspecified atom stereocenters. The Kier molecular flexibility index (Phi) is 5.35. The Morgan fingerprint density at radius 1 is 1.19 bits per heavy atom. The number of para-hydroxylation sites is 1. The molecular formula is C21H22FN3O2. The molecular weight excluding hydrogens is 345 g/mol. The summed E-state index contributed by atoms with van der Waals surface area (Å²) in [6.45, 7) is 5.56. The SMILES string of the molecule is CCC(CC)C(=O)Nc1cc(-n2c(C)nc3ccccc3c2=O)ccc1F. The summed E-state index contributed by atoms with van der Waals surface area (Å²) in [5.41, 5.74) is 0.892. The number of nitrogens with zero attached hydrogens (tertiary/aromatic N) is 2. The molecule has 0 saturated carbocycles. The number of aromatic nitrogens is 2. The molecule has 3 rings (SSSR count). The van der Waals surface area contributed by atoms with Gasteiger partial charge in [-0.2, -0.15) is 0 Å². The van der Waals surface area contributed by atoms with Gasteiger partial charge in [0.2, 0.25) is 5.91 Å². The van der Waals surface area contributed by atoms with Crippen molar-refractivity contribution >= 4 is 22.5 Å². The fourth-order valence-corrected chi connectivity index (χ4v) is 3.19. The van der Waals surface area contributed by atoms with E-state index in [1.54, 1.807) is 25.1 Å². The average molecular weight is 367 g/mol. The van der Waals surface area contributed by atoms with Gasteiger partial charge in [0.25, 0.3) is 5.56 Å². The zero-order valence-corrected chi connectivity index (χ0v) is 15.6. The number of hydrogen-bond donors (Lipinski definition) is 1. The number of halogens is 1. The second-order valence-electron chi connectivity index (χ2n) is 6.48. The van der Waals surface area contributed by atoms with Gasteiger partial charge in [-0.25, -0.2) is 9.37 Å². The van der Waals surface area contributed by atoms with Crippen LogP contribution >= 0.6 is 0 Å². The van der Waals surface area contributed by atoms with Crippen molar-refractivity contribution in [1.82, 2.24) is 9.55 Å². The summed E-state index contributed by atoms with van der Waals surface area (Å²) < 4.78 is 15.7. The fourth-order valence-electron chi connectivity index (χ4n) is 3.19. The van der Waals surface area contributed by atoms with E-state index in [-0.39, 0.29) is 23.1 Å². The predicted molar refractivity (Wildman–Crippen MR) is 105 cm³/mol. The molecule has 0 aliphatic heterocycles. The van der Waals surface area contributed by atoms with E-state index in [9.17, 15) is 14.0 Å². The van der Waals surface area contributed by atoms with Crippen molar-refractivity contribution in [1.29, 1.82) is 0 Å². The Hall–Kier alpha value is -3.02. The summed E-state index contributed by atoms with van der Waals surface area (Å²) in [6.07, 6.45) is 1.35. The van der Waals surface area contributed by atoms with Crippen LogP contribution in [0.15, 0.2) is 47.3 Å². The van der Waals surface area contributed by atoms with Crippen molar-refractivity contribution in [2.45, 2.75) is 33.6 Å². The van der Waals surface area contributed by atoms with Crippen LogP contribution in [0.25, 0.3) is 16.6 Å². The summed E-state index contributed by atoms with van der Waals surface area (Å²) in [5, 5.41) is 3.13. The standard InChI is InChI=1S/C21H22FN3O2/c1-4-14(5-2)20(26)24-19-12-15(10-11-17(19)22)25-13(3)23-18-9-7-6-8-16(18)21(25)27/h6-12,14H,4-5H2,1-3H3,(H,24,26). The molecule has 27 heavy (non-hydrogen) atoms. The van der Waals surface area contributed by atoms with Gasteiger partial charge in [0.05, 0.1) is 22.3 Å². The Balaban J connectivity index is 2.08. The highest BCUT2D eigenvalue weighted by atomic mass is 19.1. The fraction of sp³-hybridized carbons (Fsp3) is 0.286. The molecule has 0 saturated heterocycles. The second-order valence-corrected chi connectivity index (χ2v) is 6.48.